The molecule has 1 atom stereocenters. The van der Waals surface area contributed by atoms with E-state index in [1.807, 2.05) is 26.0 Å². The van der Waals surface area contributed by atoms with Gasteiger partial charge in [0.2, 0.25) is 6.43 Å². The van der Waals surface area contributed by atoms with Gasteiger partial charge in [0, 0.05) is 38.6 Å². The van der Waals surface area contributed by atoms with Crippen molar-refractivity contribution < 1.29 is 13.9 Å². The van der Waals surface area contributed by atoms with Gasteiger partial charge in [0.1, 0.15) is 5.75 Å². The van der Waals surface area contributed by atoms with Crippen molar-refractivity contribution in [1.29, 1.82) is 0 Å². The SMILES string of the molecule is Cc1cc([C@@H](CC(F)F)N2CCNCC2)cc(C)c1O.Cl. The van der Waals surface area contributed by atoms with Crippen LogP contribution in [0, 0.1) is 13.8 Å². The minimum absolute atomic E-state index is 0. The van der Waals surface area contributed by atoms with Crippen LogP contribution in [0.2, 0.25) is 0 Å². The van der Waals surface area contributed by atoms with Gasteiger partial charge in [-0.1, -0.05) is 12.1 Å². The number of benzene rings is 1. The van der Waals surface area contributed by atoms with Crippen molar-refractivity contribution in [3.63, 3.8) is 0 Å². The smallest absolute Gasteiger partial charge is 0.240 e. The lowest BCUT2D eigenvalue weighted by atomic mass is 9.96. The van der Waals surface area contributed by atoms with E-state index in [-0.39, 0.29) is 30.6 Å². The molecule has 0 unspecified atom stereocenters. The van der Waals surface area contributed by atoms with Crippen LogP contribution in [0.3, 0.4) is 0 Å². The maximum Gasteiger partial charge on any atom is 0.240 e. The summed E-state index contributed by atoms with van der Waals surface area (Å²) in [6, 6.07) is 3.38. The Morgan fingerprint density at radius 2 is 1.71 bits per heavy atom. The molecule has 1 saturated heterocycles. The molecule has 1 aliphatic heterocycles. The number of phenols is 1. The molecule has 1 aliphatic rings. The number of nitrogens with one attached hydrogen (secondary N) is 1. The Kier molecular flexibility index (Phi) is 6.84. The summed E-state index contributed by atoms with van der Waals surface area (Å²) in [5.74, 6) is 0.254. The fraction of sp³-hybridized carbons (Fsp3) is 0.600. The van der Waals surface area contributed by atoms with Gasteiger partial charge in [-0.25, -0.2) is 8.78 Å². The van der Waals surface area contributed by atoms with E-state index < -0.39 is 6.43 Å². The van der Waals surface area contributed by atoms with Crippen molar-refractivity contribution >= 4 is 12.4 Å². The zero-order valence-electron chi connectivity index (χ0n) is 12.4. The van der Waals surface area contributed by atoms with Crippen molar-refractivity contribution in [2.45, 2.75) is 32.7 Å². The second-order valence-corrected chi connectivity index (χ2v) is 5.43. The predicted octanol–water partition coefficient (Wildman–Crippen LogP) is 3.03. The van der Waals surface area contributed by atoms with Gasteiger partial charge in [-0.05, 0) is 30.5 Å². The fourth-order valence-electron chi connectivity index (χ4n) is 2.84. The molecule has 0 bridgehead atoms. The standard InChI is InChI=1S/C15H22F2N2O.ClH/c1-10-7-12(8-11(2)15(10)20)13(9-14(16)17)19-5-3-18-4-6-19;/h7-8,13-14,18,20H,3-6,9H2,1-2H3;1H/t13-;/m1./s1. The normalized spacial score (nSPS) is 17.6. The lowest BCUT2D eigenvalue weighted by molar-refractivity contribution is 0.0738. The molecule has 1 heterocycles. The van der Waals surface area contributed by atoms with Crippen LogP contribution in [0.25, 0.3) is 0 Å². The number of piperazine rings is 1. The Morgan fingerprint density at radius 3 is 2.19 bits per heavy atom. The van der Waals surface area contributed by atoms with Gasteiger partial charge in [0.25, 0.3) is 0 Å². The zero-order valence-corrected chi connectivity index (χ0v) is 13.2. The summed E-state index contributed by atoms with van der Waals surface area (Å²) in [5.41, 5.74) is 2.36. The molecule has 6 heteroatoms. The highest BCUT2D eigenvalue weighted by atomic mass is 35.5. The molecule has 0 aliphatic carbocycles. The first kappa shape index (κ1) is 18.1. The Morgan fingerprint density at radius 1 is 1.19 bits per heavy atom. The highest BCUT2D eigenvalue weighted by molar-refractivity contribution is 5.85. The average molecular weight is 321 g/mol. The first-order chi connectivity index (χ1) is 9.49. The molecule has 3 nitrogen and oxygen atoms in total. The first-order valence-corrected chi connectivity index (χ1v) is 7.02. The van der Waals surface area contributed by atoms with Crippen LogP contribution in [0.4, 0.5) is 8.78 Å². The molecule has 21 heavy (non-hydrogen) atoms. The number of nitrogens with zero attached hydrogens (tertiary/aromatic N) is 1. The summed E-state index contributed by atoms with van der Waals surface area (Å²) in [5, 5.41) is 13.1. The van der Waals surface area contributed by atoms with E-state index >= 15 is 0 Å². The highest BCUT2D eigenvalue weighted by Crippen LogP contribution is 2.32. The van der Waals surface area contributed by atoms with E-state index in [9.17, 15) is 13.9 Å². The van der Waals surface area contributed by atoms with Crippen molar-refractivity contribution in [3.05, 3.63) is 28.8 Å². The highest BCUT2D eigenvalue weighted by Gasteiger charge is 2.26. The predicted molar refractivity (Wildman–Crippen MR) is 82.6 cm³/mol. The number of hydrogen-bond acceptors (Lipinski definition) is 3. The number of halogens is 3. The second kappa shape index (κ2) is 7.92. The summed E-state index contributed by atoms with van der Waals surface area (Å²) in [4.78, 5) is 2.11. The van der Waals surface area contributed by atoms with Crippen molar-refractivity contribution in [2.24, 2.45) is 0 Å². The van der Waals surface area contributed by atoms with Crippen molar-refractivity contribution in [1.82, 2.24) is 10.2 Å². The van der Waals surface area contributed by atoms with E-state index in [1.165, 1.54) is 0 Å². The summed E-state index contributed by atoms with van der Waals surface area (Å²) in [6.45, 7) is 6.82. The van der Waals surface area contributed by atoms with Gasteiger partial charge in [-0.3, -0.25) is 4.90 Å². The summed E-state index contributed by atoms with van der Waals surface area (Å²) in [7, 11) is 0. The molecule has 1 aromatic rings. The number of aryl methyl sites for hydroxylation is 2. The zero-order chi connectivity index (χ0) is 14.7. The van der Waals surface area contributed by atoms with Crippen LogP contribution < -0.4 is 5.32 Å². The molecular formula is C15H23ClF2N2O. The van der Waals surface area contributed by atoms with Crippen LogP contribution >= 0.6 is 12.4 Å². The van der Waals surface area contributed by atoms with Crippen LogP contribution in [-0.4, -0.2) is 42.6 Å². The van der Waals surface area contributed by atoms with E-state index in [2.05, 4.69) is 10.2 Å². The lowest BCUT2D eigenvalue weighted by Crippen LogP contribution is -2.45. The topological polar surface area (TPSA) is 35.5 Å². The van der Waals surface area contributed by atoms with Gasteiger partial charge in [-0.15, -0.1) is 12.4 Å². The van der Waals surface area contributed by atoms with Gasteiger partial charge >= 0.3 is 0 Å². The minimum atomic E-state index is -2.33. The molecule has 2 N–H and O–H groups in total. The van der Waals surface area contributed by atoms with E-state index in [4.69, 9.17) is 0 Å². The number of phenolic OH excluding ortho intramolecular Hbond substituents is 1. The summed E-state index contributed by atoms with van der Waals surface area (Å²) < 4.78 is 25.8. The van der Waals surface area contributed by atoms with Gasteiger partial charge in [0.05, 0.1) is 0 Å². The van der Waals surface area contributed by atoms with E-state index in [1.54, 1.807) is 0 Å². The largest absolute Gasteiger partial charge is 0.507 e. The third kappa shape index (κ3) is 4.53. The van der Waals surface area contributed by atoms with Gasteiger partial charge in [0.15, 0.2) is 0 Å². The Hall–Kier alpha value is -0.910. The van der Waals surface area contributed by atoms with E-state index in [0.717, 1.165) is 42.9 Å². The third-order valence-electron chi connectivity index (χ3n) is 3.89. The number of hydrogen-bond donors (Lipinski definition) is 2. The molecule has 0 spiro atoms. The van der Waals surface area contributed by atoms with E-state index in [0.29, 0.717) is 0 Å². The fourth-order valence-corrected chi connectivity index (χ4v) is 2.84. The minimum Gasteiger partial charge on any atom is -0.507 e. The maximum absolute atomic E-state index is 12.9. The first-order valence-electron chi connectivity index (χ1n) is 7.02. The third-order valence-corrected chi connectivity index (χ3v) is 3.89. The Labute approximate surface area is 130 Å². The second-order valence-electron chi connectivity index (χ2n) is 5.43. The molecule has 2 rings (SSSR count). The molecule has 0 radical (unpaired) electrons. The van der Waals surface area contributed by atoms with Crippen LogP contribution in [0.5, 0.6) is 5.75 Å². The monoisotopic (exact) mass is 320 g/mol. The maximum atomic E-state index is 12.9. The lowest BCUT2D eigenvalue weighted by Gasteiger charge is -2.35. The number of rotatable bonds is 4. The van der Waals surface area contributed by atoms with Crippen LogP contribution in [0.1, 0.15) is 29.2 Å². The molecule has 0 amide bonds. The summed E-state index contributed by atoms with van der Waals surface area (Å²) >= 11 is 0. The molecular weight excluding hydrogens is 298 g/mol. The average Bonchev–Trinajstić information content (AvgIpc) is 2.42. The van der Waals surface area contributed by atoms with Crippen LogP contribution in [0.15, 0.2) is 12.1 Å². The molecule has 0 aromatic heterocycles. The number of aromatic hydroxyl groups is 1. The van der Waals surface area contributed by atoms with Crippen molar-refractivity contribution in [3.8, 4) is 5.75 Å². The number of alkyl halides is 2. The molecule has 1 aromatic carbocycles. The molecule has 120 valence electrons. The molecule has 0 saturated carbocycles. The Balaban J connectivity index is 0.00000220. The van der Waals surface area contributed by atoms with Gasteiger partial charge in [-0.2, -0.15) is 0 Å². The van der Waals surface area contributed by atoms with Crippen LogP contribution in [-0.2, 0) is 0 Å². The quantitative estimate of drug-likeness (QED) is 0.895. The van der Waals surface area contributed by atoms with Gasteiger partial charge < -0.3 is 10.4 Å². The van der Waals surface area contributed by atoms with Crippen molar-refractivity contribution in [2.75, 3.05) is 26.2 Å². The molecule has 1 fully saturated rings. The Bertz CT molecular complexity index is 442. The summed E-state index contributed by atoms with van der Waals surface area (Å²) in [6.07, 6.45) is -2.49.